The van der Waals surface area contributed by atoms with Gasteiger partial charge in [0.15, 0.2) is 6.61 Å². The maximum Gasteiger partial charge on any atom is 0.341 e. The molecule has 1 aromatic rings. The zero-order valence-corrected chi connectivity index (χ0v) is 11.9. The van der Waals surface area contributed by atoms with Crippen molar-refractivity contribution in [2.24, 2.45) is 5.92 Å². The number of carbonyl (C=O) groups is 2. The second kappa shape index (κ2) is 7.08. The molecule has 0 spiro atoms. The Bertz CT molecular complexity index is 493. The van der Waals surface area contributed by atoms with Crippen LogP contribution in [0, 0.1) is 5.92 Å². The van der Waals surface area contributed by atoms with Crippen molar-refractivity contribution in [2.45, 2.75) is 13.0 Å². The number of ether oxygens (including phenoxy) is 2. The molecular formula is C15H19NO5. The normalized spacial score (nSPS) is 17.5. The van der Waals surface area contributed by atoms with Crippen molar-refractivity contribution in [3.63, 3.8) is 0 Å². The monoisotopic (exact) mass is 293 g/mol. The van der Waals surface area contributed by atoms with Crippen LogP contribution in [-0.4, -0.2) is 48.8 Å². The van der Waals surface area contributed by atoms with Gasteiger partial charge in [-0.15, -0.1) is 0 Å². The van der Waals surface area contributed by atoms with Crippen molar-refractivity contribution < 1.29 is 24.2 Å². The Labute approximate surface area is 123 Å². The van der Waals surface area contributed by atoms with Gasteiger partial charge in [0, 0.05) is 20.2 Å². The molecule has 0 saturated carbocycles. The zero-order valence-electron chi connectivity index (χ0n) is 11.9. The fourth-order valence-electron chi connectivity index (χ4n) is 2.23. The predicted molar refractivity (Wildman–Crippen MR) is 75.0 cm³/mol. The van der Waals surface area contributed by atoms with E-state index in [1.165, 1.54) is 0 Å². The van der Waals surface area contributed by atoms with Gasteiger partial charge in [-0.05, 0) is 24.1 Å². The first kappa shape index (κ1) is 15.3. The molecule has 6 nitrogen and oxygen atoms in total. The molecule has 0 bridgehead atoms. The Morgan fingerprint density at radius 2 is 2.10 bits per heavy atom. The van der Waals surface area contributed by atoms with Crippen molar-refractivity contribution >= 4 is 11.9 Å². The van der Waals surface area contributed by atoms with Crippen LogP contribution in [0.15, 0.2) is 24.3 Å². The maximum atomic E-state index is 12.2. The molecule has 1 aromatic carbocycles. The maximum absolute atomic E-state index is 12.2. The molecule has 1 unspecified atom stereocenters. The van der Waals surface area contributed by atoms with Crippen molar-refractivity contribution in [2.75, 3.05) is 26.9 Å². The van der Waals surface area contributed by atoms with Crippen LogP contribution in [0.1, 0.15) is 12.0 Å². The number of carboxylic acids is 1. The molecule has 1 heterocycles. The molecule has 1 amide bonds. The summed E-state index contributed by atoms with van der Waals surface area (Å²) in [6.07, 6.45) is 0.783. The summed E-state index contributed by atoms with van der Waals surface area (Å²) in [4.78, 5) is 24.2. The summed E-state index contributed by atoms with van der Waals surface area (Å²) in [6, 6.07) is 7.06. The van der Waals surface area contributed by atoms with Crippen LogP contribution in [-0.2, 0) is 20.9 Å². The van der Waals surface area contributed by atoms with E-state index in [0.717, 1.165) is 12.0 Å². The molecule has 1 fully saturated rings. The van der Waals surface area contributed by atoms with E-state index in [9.17, 15) is 9.59 Å². The van der Waals surface area contributed by atoms with E-state index in [0.29, 0.717) is 25.5 Å². The Kier molecular flexibility index (Phi) is 5.16. The minimum Gasteiger partial charge on any atom is -0.482 e. The highest BCUT2D eigenvalue weighted by molar-refractivity contribution is 5.79. The number of rotatable bonds is 6. The van der Waals surface area contributed by atoms with Crippen LogP contribution in [0.2, 0.25) is 0 Å². The summed E-state index contributed by atoms with van der Waals surface area (Å²) in [5, 5.41) is 8.53. The number of carboxylic acid groups (broad SMARTS) is 1. The third-order valence-electron chi connectivity index (χ3n) is 3.36. The SMILES string of the molecule is CN(Cc1ccc(OCC(=O)O)cc1)C(=O)C1CCOC1. The number of amides is 1. The van der Waals surface area contributed by atoms with Gasteiger partial charge in [0.2, 0.25) is 5.91 Å². The highest BCUT2D eigenvalue weighted by Gasteiger charge is 2.26. The first-order valence-corrected chi connectivity index (χ1v) is 6.82. The Morgan fingerprint density at radius 3 is 2.67 bits per heavy atom. The number of nitrogens with zero attached hydrogens (tertiary/aromatic N) is 1. The number of benzene rings is 1. The highest BCUT2D eigenvalue weighted by atomic mass is 16.5. The van der Waals surface area contributed by atoms with Crippen molar-refractivity contribution in [3.05, 3.63) is 29.8 Å². The van der Waals surface area contributed by atoms with Gasteiger partial charge in [-0.25, -0.2) is 4.79 Å². The number of carbonyl (C=O) groups excluding carboxylic acids is 1. The summed E-state index contributed by atoms with van der Waals surface area (Å²) in [7, 11) is 1.77. The Hall–Kier alpha value is -2.08. The van der Waals surface area contributed by atoms with Crippen LogP contribution >= 0.6 is 0 Å². The van der Waals surface area contributed by atoms with Crippen LogP contribution in [0.25, 0.3) is 0 Å². The second-order valence-electron chi connectivity index (χ2n) is 5.08. The second-order valence-corrected chi connectivity index (χ2v) is 5.08. The van der Waals surface area contributed by atoms with Gasteiger partial charge in [-0.3, -0.25) is 4.79 Å². The van der Waals surface area contributed by atoms with Crippen LogP contribution in [0.4, 0.5) is 0 Å². The predicted octanol–water partition coefficient (Wildman–Crippen LogP) is 1.14. The minimum atomic E-state index is -1.01. The largest absolute Gasteiger partial charge is 0.482 e. The molecule has 1 aliphatic heterocycles. The summed E-state index contributed by atoms with van der Waals surface area (Å²) < 4.78 is 10.3. The van der Waals surface area contributed by atoms with Gasteiger partial charge in [0.25, 0.3) is 0 Å². The smallest absolute Gasteiger partial charge is 0.341 e. The molecule has 21 heavy (non-hydrogen) atoms. The number of hydrogen-bond donors (Lipinski definition) is 1. The fraction of sp³-hybridized carbons (Fsp3) is 0.467. The van der Waals surface area contributed by atoms with Crippen LogP contribution < -0.4 is 4.74 Å². The van der Waals surface area contributed by atoms with E-state index in [4.69, 9.17) is 14.6 Å². The third-order valence-corrected chi connectivity index (χ3v) is 3.36. The molecule has 114 valence electrons. The summed E-state index contributed by atoms with van der Waals surface area (Å²) in [6.45, 7) is 1.30. The lowest BCUT2D eigenvalue weighted by molar-refractivity contribution is -0.139. The van der Waals surface area contributed by atoms with E-state index < -0.39 is 5.97 Å². The molecule has 0 aromatic heterocycles. The molecule has 1 N–H and O–H groups in total. The number of aliphatic carboxylic acids is 1. The Balaban J connectivity index is 1.87. The minimum absolute atomic E-state index is 0.0341. The van der Waals surface area contributed by atoms with E-state index >= 15 is 0 Å². The van der Waals surface area contributed by atoms with Crippen molar-refractivity contribution in [1.82, 2.24) is 4.90 Å². The lowest BCUT2D eigenvalue weighted by Crippen LogP contribution is -2.32. The topological polar surface area (TPSA) is 76.1 Å². The van der Waals surface area contributed by atoms with E-state index in [1.54, 1.807) is 24.1 Å². The van der Waals surface area contributed by atoms with E-state index in [-0.39, 0.29) is 18.4 Å². The summed E-state index contributed by atoms with van der Waals surface area (Å²) in [5.74, 6) is -0.450. The first-order valence-electron chi connectivity index (χ1n) is 6.82. The van der Waals surface area contributed by atoms with Crippen LogP contribution in [0.5, 0.6) is 5.75 Å². The van der Waals surface area contributed by atoms with Crippen LogP contribution in [0.3, 0.4) is 0 Å². The number of hydrogen-bond acceptors (Lipinski definition) is 4. The molecule has 6 heteroatoms. The molecular weight excluding hydrogens is 274 g/mol. The van der Waals surface area contributed by atoms with E-state index in [2.05, 4.69) is 0 Å². The highest BCUT2D eigenvalue weighted by Crippen LogP contribution is 2.17. The van der Waals surface area contributed by atoms with Gasteiger partial charge in [-0.2, -0.15) is 0 Å². The summed E-state index contributed by atoms with van der Waals surface area (Å²) >= 11 is 0. The molecule has 0 aliphatic carbocycles. The molecule has 2 rings (SSSR count). The average molecular weight is 293 g/mol. The zero-order chi connectivity index (χ0) is 15.2. The molecule has 1 aliphatic rings. The average Bonchev–Trinajstić information content (AvgIpc) is 2.99. The Morgan fingerprint density at radius 1 is 1.38 bits per heavy atom. The lowest BCUT2D eigenvalue weighted by Gasteiger charge is -2.20. The third kappa shape index (κ3) is 4.46. The molecule has 0 radical (unpaired) electrons. The van der Waals surface area contributed by atoms with E-state index in [1.807, 2.05) is 12.1 Å². The van der Waals surface area contributed by atoms with Gasteiger partial charge < -0.3 is 19.5 Å². The standard InChI is InChI=1S/C15H19NO5/c1-16(15(19)12-6-7-20-9-12)8-11-2-4-13(5-3-11)21-10-14(17)18/h2-5,12H,6-10H2,1H3,(H,17,18). The van der Waals surface area contributed by atoms with Gasteiger partial charge in [-0.1, -0.05) is 12.1 Å². The van der Waals surface area contributed by atoms with Gasteiger partial charge in [0.05, 0.1) is 12.5 Å². The van der Waals surface area contributed by atoms with Crippen molar-refractivity contribution in [3.8, 4) is 5.75 Å². The lowest BCUT2D eigenvalue weighted by atomic mass is 10.1. The van der Waals surface area contributed by atoms with Gasteiger partial charge in [0.1, 0.15) is 5.75 Å². The molecule has 1 saturated heterocycles. The quantitative estimate of drug-likeness (QED) is 0.851. The fourth-order valence-corrected chi connectivity index (χ4v) is 2.23. The van der Waals surface area contributed by atoms with Crippen molar-refractivity contribution in [1.29, 1.82) is 0 Å². The van der Waals surface area contributed by atoms with Gasteiger partial charge >= 0.3 is 5.97 Å². The first-order chi connectivity index (χ1) is 10.1. The summed E-state index contributed by atoms with van der Waals surface area (Å²) in [5.41, 5.74) is 0.965. The molecule has 1 atom stereocenters.